The minimum absolute atomic E-state index is 0.0453. The predicted molar refractivity (Wildman–Crippen MR) is 119 cm³/mol. The van der Waals surface area contributed by atoms with Crippen LogP contribution in [0.15, 0.2) is 90.8 Å². The Kier molecular flexibility index (Phi) is 6.48. The third kappa shape index (κ3) is 5.29. The lowest BCUT2D eigenvalue weighted by molar-refractivity contribution is 0.340. The van der Waals surface area contributed by atoms with Crippen molar-refractivity contribution in [1.82, 2.24) is 0 Å². The van der Waals surface area contributed by atoms with E-state index in [1.54, 1.807) is 6.08 Å². The van der Waals surface area contributed by atoms with E-state index in [-0.39, 0.29) is 11.7 Å². The van der Waals surface area contributed by atoms with Crippen LogP contribution in [0.1, 0.15) is 36.8 Å². The van der Waals surface area contributed by atoms with Crippen molar-refractivity contribution in [3.63, 3.8) is 0 Å². The van der Waals surface area contributed by atoms with Crippen LogP contribution in [0.2, 0.25) is 0 Å². The zero-order valence-corrected chi connectivity index (χ0v) is 17.3. The summed E-state index contributed by atoms with van der Waals surface area (Å²) in [7, 11) is 0. The lowest BCUT2D eigenvalue weighted by Crippen LogP contribution is -2.03. The summed E-state index contributed by atoms with van der Waals surface area (Å²) < 4.78 is 26.6. The van der Waals surface area contributed by atoms with E-state index in [0.29, 0.717) is 18.9 Å². The van der Waals surface area contributed by atoms with Crippen LogP contribution in [-0.2, 0) is 6.42 Å². The fourth-order valence-electron chi connectivity index (χ4n) is 3.73. The lowest BCUT2D eigenvalue weighted by Gasteiger charge is -2.16. The molecule has 1 unspecified atom stereocenters. The van der Waals surface area contributed by atoms with Crippen LogP contribution in [0.5, 0.6) is 17.2 Å². The summed E-state index contributed by atoms with van der Waals surface area (Å²) in [4.78, 5) is 0. The molecule has 0 amide bonds. The van der Waals surface area contributed by atoms with Gasteiger partial charge in [-0.3, -0.25) is 0 Å². The third-order valence-electron chi connectivity index (χ3n) is 5.35. The molecule has 1 aliphatic carbocycles. The molecule has 3 aromatic carbocycles. The molecule has 30 heavy (non-hydrogen) atoms. The summed E-state index contributed by atoms with van der Waals surface area (Å²) in [5, 5.41) is 0. The fourth-order valence-corrected chi connectivity index (χ4v) is 3.73. The molecule has 0 N–H and O–H groups in total. The Morgan fingerprint density at radius 2 is 1.67 bits per heavy atom. The van der Waals surface area contributed by atoms with Gasteiger partial charge in [-0.15, -0.1) is 0 Å². The summed E-state index contributed by atoms with van der Waals surface area (Å²) in [5.41, 5.74) is 2.05. The van der Waals surface area contributed by atoms with Crippen molar-refractivity contribution in [2.45, 2.75) is 32.1 Å². The first-order chi connectivity index (χ1) is 14.7. The summed E-state index contributed by atoms with van der Waals surface area (Å²) in [6.07, 6.45) is 4.43. The van der Waals surface area contributed by atoms with Crippen molar-refractivity contribution in [1.29, 1.82) is 0 Å². The predicted octanol–water partition coefficient (Wildman–Crippen LogP) is 7.47. The molecule has 2 nitrogen and oxygen atoms in total. The Bertz CT molecular complexity index is 975. The molecular weight excluding hydrogens is 375 g/mol. The molecule has 154 valence electrons. The van der Waals surface area contributed by atoms with Gasteiger partial charge in [-0.2, -0.15) is 0 Å². The van der Waals surface area contributed by atoms with Gasteiger partial charge >= 0.3 is 0 Å². The van der Waals surface area contributed by atoms with Crippen LogP contribution in [0, 0.1) is 5.92 Å². The molecular formula is C27H27FO2. The molecule has 0 heterocycles. The van der Waals surface area contributed by atoms with Crippen molar-refractivity contribution in [2.75, 3.05) is 6.61 Å². The lowest BCUT2D eigenvalue weighted by atomic mass is 9.92. The molecule has 0 bridgehead atoms. The van der Waals surface area contributed by atoms with E-state index in [2.05, 4.69) is 0 Å². The molecule has 0 aliphatic heterocycles. The van der Waals surface area contributed by atoms with Gasteiger partial charge in [0, 0.05) is 5.92 Å². The second-order valence-corrected chi connectivity index (χ2v) is 7.67. The van der Waals surface area contributed by atoms with Crippen molar-refractivity contribution in [2.24, 2.45) is 5.92 Å². The van der Waals surface area contributed by atoms with Gasteiger partial charge in [0.05, 0.1) is 6.61 Å². The van der Waals surface area contributed by atoms with Crippen LogP contribution >= 0.6 is 0 Å². The highest BCUT2D eigenvalue weighted by Crippen LogP contribution is 2.47. The fraction of sp³-hybridized carbons (Fsp3) is 0.259. The summed E-state index contributed by atoms with van der Waals surface area (Å²) in [6.45, 7) is 2.59. The average molecular weight is 403 g/mol. The van der Waals surface area contributed by atoms with Gasteiger partial charge in [0.15, 0.2) is 0 Å². The highest BCUT2D eigenvalue weighted by Gasteiger charge is 2.35. The Morgan fingerprint density at radius 1 is 0.933 bits per heavy atom. The van der Waals surface area contributed by atoms with E-state index in [1.165, 1.54) is 0 Å². The topological polar surface area (TPSA) is 18.5 Å². The van der Waals surface area contributed by atoms with Crippen LogP contribution < -0.4 is 9.47 Å². The number of hydrogen-bond donors (Lipinski definition) is 0. The van der Waals surface area contributed by atoms with Gasteiger partial charge < -0.3 is 9.47 Å². The molecule has 0 aromatic heterocycles. The highest BCUT2D eigenvalue weighted by atomic mass is 19.1. The quantitative estimate of drug-likeness (QED) is 0.370. The molecule has 4 rings (SSSR count). The monoisotopic (exact) mass is 402 g/mol. The molecule has 3 aromatic rings. The summed E-state index contributed by atoms with van der Waals surface area (Å²) >= 11 is 0. The highest BCUT2D eigenvalue weighted by molar-refractivity contribution is 5.37. The maximum Gasteiger partial charge on any atom is 0.127 e. The van der Waals surface area contributed by atoms with E-state index >= 15 is 4.39 Å². The number of hydrogen-bond acceptors (Lipinski definition) is 2. The van der Waals surface area contributed by atoms with Gasteiger partial charge in [0.2, 0.25) is 0 Å². The number of halogens is 1. The average Bonchev–Trinajstić information content (AvgIpc) is 3.60. The Morgan fingerprint density at radius 3 is 2.37 bits per heavy atom. The molecule has 0 radical (unpaired) electrons. The Hall–Kier alpha value is -3.07. The van der Waals surface area contributed by atoms with Crippen LogP contribution in [0.3, 0.4) is 0 Å². The van der Waals surface area contributed by atoms with Crippen LogP contribution in [0.25, 0.3) is 0 Å². The van der Waals surface area contributed by atoms with E-state index < -0.39 is 0 Å². The Balaban J connectivity index is 1.46. The van der Waals surface area contributed by atoms with Gasteiger partial charge in [-0.05, 0) is 85.7 Å². The molecule has 0 saturated heterocycles. The number of allylic oxidation sites excluding steroid dienone is 2. The van der Waals surface area contributed by atoms with E-state index in [0.717, 1.165) is 41.2 Å². The number of benzene rings is 3. The van der Waals surface area contributed by atoms with Crippen molar-refractivity contribution in [3.8, 4) is 17.2 Å². The minimum Gasteiger partial charge on any atom is -0.494 e. The Labute approximate surface area is 178 Å². The second-order valence-electron chi connectivity index (χ2n) is 7.67. The smallest absolute Gasteiger partial charge is 0.127 e. The first-order valence-electron chi connectivity index (χ1n) is 10.6. The molecule has 1 saturated carbocycles. The first kappa shape index (κ1) is 20.2. The molecule has 0 spiro atoms. The molecule has 3 heteroatoms. The maximum absolute atomic E-state index is 15.2. The first-order valence-corrected chi connectivity index (χ1v) is 10.6. The van der Waals surface area contributed by atoms with E-state index in [1.807, 2.05) is 85.8 Å². The van der Waals surface area contributed by atoms with E-state index in [4.69, 9.17) is 9.47 Å². The van der Waals surface area contributed by atoms with Gasteiger partial charge in [0.25, 0.3) is 0 Å². The number of rotatable bonds is 9. The summed E-state index contributed by atoms with van der Waals surface area (Å²) in [6, 6.07) is 25.4. The van der Waals surface area contributed by atoms with Crippen molar-refractivity contribution < 1.29 is 13.9 Å². The number of para-hydroxylation sites is 1. The van der Waals surface area contributed by atoms with Crippen molar-refractivity contribution >= 4 is 0 Å². The van der Waals surface area contributed by atoms with Crippen LogP contribution in [0.4, 0.5) is 4.39 Å². The van der Waals surface area contributed by atoms with Gasteiger partial charge in [-0.25, -0.2) is 4.39 Å². The SMILES string of the molecule is CCOc1ccc(C(C(F)=CCc2cccc(Oc3ccccc3)c2)C2CC2)cc1. The standard InChI is InChI=1S/C27H27FO2/c1-2-29-23-16-14-22(15-17-23)27(21-12-13-21)26(28)18-11-20-7-6-10-25(19-20)30-24-8-4-3-5-9-24/h3-10,14-19,21,27H,2,11-13H2,1H3. The molecule has 1 aliphatic rings. The largest absolute Gasteiger partial charge is 0.494 e. The molecule has 1 atom stereocenters. The van der Waals surface area contributed by atoms with E-state index in [9.17, 15) is 0 Å². The van der Waals surface area contributed by atoms with Gasteiger partial charge in [-0.1, -0.05) is 42.5 Å². The minimum atomic E-state index is -0.163. The zero-order valence-electron chi connectivity index (χ0n) is 17.3. The van der Waals surface area contributed by atoms with Crippen molar-refractivity contribution in [3.05, 3.63) is 102 Å². The maximum atomic E-state index is 15.2. The zero-order chi connectivity index (χ0) is 20.8. The second kappa shape index (κ2) is 9.62. The normalized spacial score (nSPS) is 14.9. The molecule has 1 fully saturated rings. The summed E-state index contributed by atoms with van der Waals surface area (Å²) in [5.74, 6) is 2.57. The third-order valence-corrected chi connectivity index (χ3v) is 5.35. The van der Waals surface area contributed by atoms with Crippen LogP contribution in [-0.4, -0.2) is 6.61 Å². The number of ether oxygens (including phenoxy) is 2. The van der Waals surface area contributed by atoms with Gasteiger partial charge in [0.1, 0.15) is 23.1 Å².